The van der Waals surface area contributed by atoms with Gasteiger partial charge in [0.05, 0.1) is 0 Å². The van der Waals surface area contributed by atoms with Crippen molar-refractivity contribution in [3.63, 3.8) is 0 Å². The lowest BCUT2D eigenvalue weighted by Gasteiger charge is -1.66. The fourth-order valence-electron chi connectivity index (χ4n) is 0.833. The molecule has 0 fully saturated rings. The number of carbonyl (C=O) groups is 1. The highest BCUT2D eigenvalue weighted by Crippen LogP contribution is 2.11. The molecule has 2 aromatic carbocycles. The standard InChI is InChI=1S/C7H4O.CH2O/c8-7-5-3-1-2-4-6(5)7;1-2/h1-4H;1H2. The van der Waals surface area contributed by atoms with Gasteiger partial charge in [0.15, 0.2) is 5.43 Å². The number of hydrogen-bond acceptors (Lipinski definition) is 2. The summed E-state index contributed by atoms with van der Waals surface area (Å²) in [6, 6.07) is 7.45. The second-order valence-corrected chi connectivity index (χ2v) is 1.87. The molecule has 0 aromatic heterocycles. The van der Waals surface area contributed by atoms with E-state index in [1.165, 1.54) is 0 Å². The second kappa shape index (κ2) is 2.43. The fourth-order valence-corrected chi connectivity index (χ4v) is 0.833. The highest BCUT2D eigenvalue weighted by Gasteiger charge is 2.07. The van der Waals surface area contributed by atoms with Crippen molar-refractivity contribution in [2.75, 3.05) is 0 Å². The molecule has 2 aromatic rings. The molecule has 0 saturated carbocycles. The van der Waals surface area contributed by atoms with Gasteiger partial charge in [0, 0.05) is 10.8 Å². The lowest BCUT2D eigenvalue weighted by atomic mass is 10.4. The maximum absolute atomic E-state index is 10.5. The van der Waals surface area contributed by atoms with Crippen LogP contribution in [0, 0.1) is 0 Å². The van der Waals surface area contributed by atoms with Gasteiger partial charge in [-0.3, -0.25) is 4.79 Å². The van der Waals surface area contributed by atoms with E-state index in [0.29, 0.717) is 0 Å². The molecule has 0 aliphatic rings. The zero-order valence-electron chi connectivity index (χ0n) is 5.33. The van der Waals surface area contributed by atoms with Gasteiger partial charge >= 0.3 is 0 Å². The third-order valence-corrected chi connectivity index (χ3v) is 1.35. The monoisotopic (exact) mass is 134 g/mol. The Balaban J connectivity index is 0.000000231. The van der Waals surface area contributed by atoms with Gasteiger partial charge in [-0.05, 0) is 0 Å². The summed E-state index contributed by atoms with van der Waals surface area (Å²) in [6.07, 6.45) is 0. The summed E-state index contributed by atoms with van der Waals surface area (Å²) in [7, 11) is 0. The van der Waals surface area contributed by atoms with Crippen molar-refractivity contribution in [2.45, 2.75) is 0 Å². The van der Waals surface area contributed by atoms with Crippen molar-refractivity contribution in [2.24, 2.45) is 0 Å². The molecule has 0 amide bonds. The summed E-state index contributed by atoms with van der Waals surface area (Å²) < 4.78 is 0. The molecule has 50 valence electrons. The molecule has 2 heteroatoms. The molecular formula is C8H6O2. The van der Waals surface area contributed by atoms with Gasteiger partial charge in [-0.15, -0.1) is 0 Å². The quantitative estimate of drug-likeness (QED) is 0.536. The lowest BCUT2D eigenvalue weighted by molar-refractivity contribution is -0.0979. The van der Waals surface area contributed by atoms with E-state index in [1.807, 2.05) is 31.1 Å². The van der Waals surface area contributed by atoms with E-state index in [4.69, 9.17) is 4.79 Å². The van der Waals surface area contributed by atoms with Crippen LogP contribution in [0.1, 0.15) is 0 Å². The molecule has 0 radical (unpaired) electrons. The number of hydrogen-bond donors (Lipinski definition) is 0. The van der Waals surface area contributed by atoms with Crippen LogP contribution in [0.25, 0.3) is 10.8 Å². The van der Waals surface area contributed by atoms with Crippen molar-refractivity contribution in [1.29, 1.82) is 0 Å². The van der Waals surface area contributed by atoms with Crippen LogP contribution < -0.4 is 5.43 Å². The molecule has 0 N–H and O–H groups in total. The molecule has 0 aliphatic heterocycles. The molecule has 0 bridgehead atoms. The molecular weight excluding hydrogens is 128 g/mol. The number of fused-ring (bicyclic) bond motifs is 1. The molecule has 0 atom stereocenters. The van der Waals surface area contributed by atoms with Crippen molar-refractivity contribution in [3.05, 3.63) is 34.5 Å². The molecule has 0 spiro atoms. The number of rotatable bonds is 0. The number of benzene rings is 1. The topological polar surface area (TPSA) is 34.1 Å². The Morgan fingerprint density at radius 3 is 1.70 bits per heavy atom. The van der Waals surface area contributed by atoms with Crippen LogP contribution in [0.3, 0.4) is 0 Å². The van der Waals surface area contributed by atoms with Crippen LogP contribution >= 0.6 is 0 Å². The molecule has 10 heavy (non-hydrogen) atoms. The zero-order chi connectivity index (χ0) is 7.56. The van der Waals surface area contributed by atoms with Crippen molar-refractivity contribution >= 4 is 17.6 Å². The minimum absolute atomic E-state index is 0.218. The molecule has 2 rings (SSSR count). The van der Waals surface area contributed by atoms with E-state index in [9.17, 15) is 4.79 Å². The van der Waals surface area contributed by atoms with Gasteiger partial charge in [-0.1, -0.05) is 24.3 Å². The van der Waals surface area contributed by atoms with Gasteiger partial charge in [0.25, 0.3) is 0 Å². The Morgan fingerprint density at radius 1 is 1.00 bits per heavy atom. The van der Waals surface area contributed by atoms with Crippen molar-refractivity contribution in [1.82, 2.24) is 0 Å². The SMILES string of the molecule is C=O.O=c1c2ccccc12. The van der Waals surface area contributed by atoms with Gasteiger partial charge in [0.2, 0.25) is 0 Å². The molecule has 0 aliphatic carbocycles. The Morgan fingerprint density at radius 2 is 1.40 bits per heavy atom. The Bertz CT molecular complexity index is 311. The third kappa shape index (κ3) is 0.838. The first-order valence-corrected chi connectivity index (χ1v) is 2.82. The average Bonchev–Trinajstić information content (AvgIpc) is 2.68. The first-order valence-electron chi connectivity index (χ1n) is 2.82. The Kier molecular flexibility index (Phi) is 1.63. The second-order valence-electron chi connectivity index (χ2n) is 1.87. The third-order valence-electron chi connectivity index (χ3n) is 1.35. The lowest BCUT2D eigenvalue weighted by Crippen LogP contribution is -1.66. The van der Waals surface area contributed by atoms with E-state index >= 15 is 0 Å². The van der Waals surface area contributed by atoms with Gasteiger partial charge < -0.3 is 4.79 Å². The first-order chi connectivity index (χ1) is 4.89. The molecule has 2 nitrogen and oxygen atoms in total. The van der Waals surface area contributed by atoms with E-state index in [2.05, 4.69) is 0 Å². The predicted molar refractivity (Wildman–Crippen MR) is 39.7 cm³/mol. The maximum atomic E-state index is 10.5. The van der Waals surface area contributed by atoms with E-state index in [1.54, 1.807) is 0 Å². The van der Waals surface area contributed by atoms with Crippen LogP contribution in [0.5, 0.6) is 0 Å². The number of carbonyl (C=O) groups excluding carboxylic acids is 1. The van der Waals surface area contributed by atoms with Crippen LogP contribution in [0.4, 0.5) is 0 Å². The van der Waals surface area contributed by atoms with Crippen LogP contribution in [-0.2, 0) is 4.79 Å². The van der Waals surface area contributed by atoms with Gasteiger partial charge in [-0.25, -0.2) is 0 Å². The summed E-state index contributed by atoms with van der Waals surface area (Å²) in [5.74, 6) is 0. The summed E-state index contributed by atoms with van der Waals surface area (Å²) >= 11 is 0. The van der Waals surface area contributed by atoms with Gasteiger partial charge in [-0.2, -0.15) is 0 Å². The average molecular weight is 134 g/mol. The minimum atomic E-state index is 0.218. The zero-order valence-corrected chi connectivity index (χ0v) is 5.33. The summed E-state index contributed by atoms with van der Waals surface area (Å²) in [6.45, 7) is 2.00. The van der Waals surface area contributed by atoms with Crippen molar-refractivity contribution < 1.29 is 4.79 Å². The van der Waals surface area contributed by atoms with Gasteiger partial charge in [0.1, 0.15) is 6.79 Å². The smallest absolute Gasteiger partial charge is 0.194 e. The molecule has 0 heterocycles. The van der Waals surface area contributed by atoms with E-state index < -0.39 is 0 Å². The maximum Gasteiger partial charge on any atom is 0.194 e. The van der Waals surface area contributed by atoms with Crippen LogP contribution in [0.2, 0.25) is 0 Å². The predicted octanol–water partition coefficient (Wildman–Crippen LogP) is 0.891. The molecule has 0 unspecified atom stereocenters. The Labute approximate surface area is 57.8 Å². The fraction of sp³-hybridized carbons (Fsp3) is 0. The molecule has 0 saturated heterocycles. The first kappa shape index (κ1) is 6.68. The highest BCUT2D eigenvalue weighted by molar-refractivity contribution is 5.96. The summed E-state index contributed by atoms with van der Waals surface area (Å²) in [4.78, 5) is 18.5. The summed E-state index contributed by atoms with van der Waals surface area (Å²) in [5.41, 5.74) is 0.218. The van der Waals surface area contributed by atoms with Crippen molar-refractivity contribution in [3.8, 4) is 0 Å². The highest BCUT2D eigenvalue weighted by atomic mass is 16.1. The Hall–Kier alpha value is -1.44. The normalized spacial score (nSPS) is 9.20. The van der Waals surface area contributed by atoms with Crippen LogP contribution in [-0.4, -0.2) is 6.79 Å². The summed E-state index contributed by atoms with van der Waals surface area (Å²) in [5, 5.41) is 1.79. The minimum Gasteiger partial charge on any atom is -0.307 e. The largest absolute Gasteiger partial charge is 0.307 e. The van der Waals surface area contributed by atoms with E-state index in [-0.39, 0.29) is 5.43 Å². The van der Waals surface area contributed by atoms with Crippen LogP contribution in [0.15, 0.2) is 29.1 Å². The van der Waals surface area contributed by atoms with E-state index in [0.717, 1.165) is 10.8 Å².